The van der Waals surface area contributed by atoms with Crippen molar-refractivity contribution in [2.75, 3.05) is 6.61 Å². The van der Waals surface area contributed by atoms with Crippen LogP contribution in [0.1, 0.15) is 37.6 Å². The van der Waals surface area contributed by atoms with Crippen molar-refractivity contribution < 1.29 is 14.6 Å². The summed E-state index contributed by atoms with van der Waals surface area (Å²) < 4.78 is 5.84. The van der Waals surface area contributed by atoms with Crippen LogP contribution in [0.25, 0.3) is 0 Å². The van der Waals surface area contributed by atoms with Gasteiger partial charge in [-0.15, -0.1) is 0 Å². The van der Waals surface area contributed by atoms with Gasteiger partial charge in [0.05, 0.1) is 11.3 Å². The van der Waals surface area contributed by atoms with Crippen molar-refractivity contribution in [1.82, 2.24) is 0 Å². The van der Waals surface area contributed by atoms with E-state index in [2.05, 4.69) is 31.8 Å². The van der Waals surface area contributed by atoms with E-state index in [1.165, 1.54) is 0 Å². The number of aromatic carboxylic acids is 1. The van der Waals surface area contributed by atoms with Gasteiger partial charge in [-0.1, -0.05) is 25.2 Å². The molecule has 0 saturated carbocycles. The molecule has 4 heteroatoms. The summed E-state index contributed by atoms with van der Waals surface area (Å²) in [5, 5.41) is 8.93. The van der Waals surface area contributed by atoms with Crippen molar-refractivity contribution in [3.63, 3.8) is 0 Å². The van der Waals surface area contributed by atoms with Gasteiger partial charge < -0.3 is 9.84 Å². The van der Waals surface area contributed by atoms with Gasteiger partial charge in [-0.05, 0) is 56.2 Å². The van der Waals surface area contributed by atoms with Gasteiger partial charge in [0.15, 0.2) is 0 Å². The molecule has 1 aromatic rings. The van der Waals surface area contributed by atoms with Crippen LogP contribution in [-0.2, 0) is 0 Å². The molecule has 0 saturated heterocycles. The van der Waals surface area contributed by atoms with E-state index in [-0.39, 0.29) is 11.6 Å². The minimum atomic E-state index is -0.938. The smallest absolute Gasteiger partial charge is 0.335 e. The molecule has 0 aliphatic heterocycles. The molecule has 24 heavy (non-hydrogen) atoms. The predicted molar refractivity (Wildman–Crippen MR) is 97.1 cm³/mol. The normalized spacial score (nSPS) is 17.4. The van der Waals surface area contributed by atoms with E-state index >= 15 is 0 Å². The highest BCUT2D eigenvalue weighted by molar-refractivity contribution is 6.12. The van der Waals surface area contributed by atoms with Gasteiger partial charge >= 0.3 is 5.97 Å². The van der Waals surface area contributed by atoms with E-state index in [9.17, 15) is 4.79 Å². The first-order valence-electron chi connectivity index (χ1n) is 8.12. The average molecular weight is 325 g/mol. The number of carbonyl (C=O) groups is 1. The van der Waals surface area contributed by atoms with E-state index in [0.717, 1.165) is 23.3 Å². The van der Waals surface area contributed by atoms with Crippen molar-refractivity contribution in [1.29, 1.82) is 0 Å². The summed E-state index contributed by atoms with van der Waals surface area (Å²) in [4.78, 5) is 15.6. The Morgan fingerprint density at radius 1 is 1.17 bits per heavy atom. The fraction of sp³-hybridized carbons (Fsp3) is 0.300. The molecule has 0 fully saturated rings. The second kappa shape index (κ2) is 8.29. The average Bonchev–Trinajstić information content (AvgIpc) is 2.56. The van der Waals surface area contributed by atoms with Gasteiger partial charge in [-0.3, -0.25) is 4.99 Å². The maximum Gasteiger partial charge on any atom is 0.335 e. The molecule has 0 aromatic heterocycles. The van der Waals surface area contributed by atoms with Crippen molar-refractivity contribution in [2.45, 2.75) is 33.2 Å². The number of allylic oxidation sites excluding steroid dienone is 5. The van der Waals surface area contributed by atoms with Crippen LogP contribution in [0.15, 0.2) is 64.7 Å². The zero-order valence-electron chi connectivity index (χ0n) is 14.3. The zero-order valence-corrected chi connectivity index (χ0v) is 14.3. The van der Waals surface area contributed by atoms with Crippen LogP contribution in [0.3, 0.4) is 0 Å². The Labute approximate surface area is 142 Å². The number of hydrogen-bond acceptors (Lipinski definition) is 3. The fourth-order valence-electron chi connectivity index (χ4n) is 2.40. The van der Waals surface area contributed by atoms with Crippen LogP contribution in [-0.4, -0.2) is 29.4 Å². The number of rotatable bonds is 6. The Kier molecular flexibility index (Phi) is 6.13. The number of benzene rings is 1. The first kappa shape index (κ1) is 17.7. The van der Waals surface area contributed by atoms with Crippen molar-refractivity contribution in [3.8, 4) is 5.75 Å². The van der Waals surface area contributed by atoms with Gasteiger partial charge in [-0.25, -0.2) is 4.79 Å². The summed E-state index contributed by atoms with van der Waals surface area (Å²) in [5.74, 6) is -0.282. The second-order valence-corrected chi connectivity index (χ2v) is 5.82. The fourth-order valence-corrected chi connectivity index (χ4v) is 2.40. The first-order valence-corrected chi connectivity index (χ1v) is 8.12. The molecule has 0 atom stereocenters. The molecule has 0 radical (unpaired) electrons. The maximum absolute atomic E-state index is 10.9. The third-order valence-corrected chi connectivity index (χ3v) is 3.62. The topological polar surface area (TPSA) is 58.9 Å². The molecule has 1 aromatic carbocycles. The van der Waals surface area contributed by atoms with E-state index in [1.807, 2.05) is 18.2 Å². The Morgan fingerprint density at radius 3 is 2.42 bits per heavy atom. The van der Waals surface area contributed by atoms with Crippen LogP contribution in [0.2, 0.25) is 0 Å². The van der Waals surface area contributed by atoms with E-state index in [4.69, 9.17) is 9.84 Å². The summed E-state index contributed by atoms with van der Waals surface area (Å²) in [6.07, 6.45) is 8.94. The summed E-state index contributed by atoms with van der Waals surface area (Å²) in [5.41, 5.74) is 3.51. The lowest BCUT2D eigenvalue weighted by Crippen LogP contribution is -2.11. The molecule has 0 bridgehead atoms. The number of hydrogen-bond donors (Lipinski definition) is 1. The van der Waals surface area contributed by atoms with Crippen LogP contribution < -0.4 is 4.74 Å². The number of carboxylic acids is 1. The standard InChI is InChI=1S/C20H23NO3/c1-4-15(18-7-5-6-8-19(18)21-14(2)3)13-24-17-11-9-16(10-12-17)20(22)23/h5-12,14H,4,13H2,1-3H3,(H,22,23)/b18-15+,21-19?. The molecule has 2 rings (SSSR count). The lowest BCUT2D eigenvalue weighted by atomic mass is 9.97. The summed E-state index contributed by atoms with van der Waals surface area (Å²) >= 11 is 0. The lowest BCUT2D eigenvalue weighted by molar-refractivity contribution is 0.0697. The Balaban J connectivity index is 2.17. The third kappa shape index (κ3) is 4.69. The minimum Gasteiger partial charge on any atom is -0.489 e. The predicted octanol–water partition coefficient (Wildman–Crippen LogP) is 4.45. The first-order chi connectivity index (χ1) is 11.5. The quantitative estimate of drug-likeness (QED) is 0.841. The molecule has 1 N–H and O–H groups in total. The number of ether oxygens (including phenoxy) is 1. The number of aliphatic imine (C=N–C) groups is 1. The summed E-state index contributed by atoms with van der Waals surface area (Å²) in [6, 6.07) is 6.69. The molecule has 0 unspecified atom stereocenters. The molecular formula is C20H23NO3. The van der Waals surface area contributed by atoms with Crippen LogP contribution >= 0.6 is 0 Å². The Hall–Kier alpha value is -2.62. The molecule has 126 valence electrons. The molecule has 0 spiro atoms. The molecule has 0 heterocycles. The van der Waals surface area contributed by atoms with Gasteiger partial charge in [0.25, 0.3) is 0 Å². The van der Waals surface area contributed by atoms with Gasteiger partial charge in [-0.2, -0.15) is 0 Å². The molecule has 1 aliphatic carbocycles. The Bertz CT molecular complexity index is 707. The van der Waals surface area contributed by atoms with Gasteiger partial charge in [0.1, 0.15) is 12.4 Å². The van der Waals surface area contributed by atoms with Crippen LogP contribution in [0.5, 0.6) is 5.75 Å². The monoisotopic (exact) mass is 325 g/mol. The van der Waals surface area contributed by atoms with Crippen molar-refractivity contribution in [3.05, 3.63) is 65.3 Å². The van der Waals surface area contributed by atoms with Crippen LogP contribution in [0, 0.1) is 0 Å². The zero-order chi connectivity index (χ0) is 17.5. The SMILES string of the molecule is CC/C(COc1ccc(C(=O)O)cc1)=C1/C=CC=CC1=NC(C)C. The highest BCUT2D eigenvalue weighted by Crippen LogP contribution is 2.20. The number of carboxylic acid groups (broad SMARTS) is 1. The van der Waals surface area contributed by atoms with Gasteiger partial charge in [0.2, 0.25) is 0 Å². The van der Waals surface area contributed by atoms with Crippen molar-refractivity contribution >= 4 is 11.7 Å². The van der Waals surface area contributed by atoms with Crippen molar-refractivity contribution in [2.24, 2.45) is 4.99 Å². The highest BCUT2D eigenvalue weighted by atomic mass is 16.5. The molecular weight excluding hydrogens is 302 g/mol. The van der Waals surface area contributed by atoms with Gasteiger partial charge in [0, 0.05) is 11.6 Å². The second-order valence-electron chi connectivity index (χ2n) is 5.82. The molecule has 0 amide bonds. The third-order valence-electron chi connectivity index (χ3n) is 3.62. The molecule has 1 aliphatic rings. The van der Waals surface area contributed by atoms with E-state index in [1.54, 1.807) is 24.3 Å². The minimum absolute atomic E-state index is 0.230. The molecule has 4 nitrogen and oxygen atoms in total. The highest BCUT2D eigenvalue weighted by Gasteiger charge is 2.11. The van der Waals surface area contributed by atoms with Crippen LogP contribution in [0.4, 0.5) is 0 Å². The maximum atomic E-state index is 10.9. The largest absolute Gasteiger partial charge is 0.489 e. The van der Waals surface area contributed by atoms with E-state index < -0.39 is 5.97 Å². The van der Waals surface area contributed by atoms with E-state index in [0.29, 0.717) is 12.4 Å². The lowest BCUT2D eigenvalue weighted by Gasteiger charge is -2.16. The Morgan fingerprint density at radius 2 is 1.83 bits per heavy atom. The summed E-state index contributed by atoms with van der Waals surface area (Å²) in [6.45, 7) is 6.66. The number of nitrogens with zero attached hydrogens (tertiary/aromatic N) is 1. The summed E-state index contributed by atoms with van der Waals surface area (Å²) in [7, 11) is 0.